The van der Waals surface area contributed by atoms with Crippen LogP contribution in [0.3, 0.4) is 0 Å². The summed E-state index contributed by atoms with van der Waals surface area (Å²) in [5.41, 5.74) is 4.83. The monoisotopic (exact) mass is 522 g/mol. The SMILES string of the molecule is COc1ccc(-n2c(SCC(=O)Nc3ccc(Br)c(C)c3)nnc2-c2ccc(C)cc2)cc1. The van der Waals surface area contributed by atoms with Gasteiger partial charge >= 0.3 is 0 Å². The second-order valence-corrected chi connectivity index (χ2v) is 9.30. The maximum absolute atomic E-state index is 12.6. The summed E-state index contributed by atoms with van der Waals surface area (Å²) in [6.07, 6.45) is 0. The minimum Gasteiger partial charge on any atom is -0.497 e. The molecule has 1 aromatic heterocycles. The Morgan fingerprint density at radius 2 is 1.76 bits per heavy atom. The highest BCUT2D eigenvalue weighted by Crippen LogP contribution is 2.29. The van der Waals surface area contributed by atoms with Crippen LogP contribution in [0.15, 0.2) is 76.4 Å². The van der Waals surface area contributed by atoms with Crippen molar-refractivity contribution in [2.75, 3.05) is 18.2 Å². The van der Waals surface area contributed by atoms with Gasteiger partial charge in [0.25, 0.3) is 0 Å². The van der Waals surface area contributed by atoms with Crippen LogP contribution < -0.4 is 10.1 Å². The normalized spacial score (nSPS) is 10.8. The van der Waals surface area contributed by atoms with Crippen molar-refractivity contribution >= 4 is 39.3 Å². The van der Waals surface area contributed by atoms with Gasteiger partial charge in [-0.15, -0.1) is 10.2 Å². The summed E-state index contributed by atoms with van der Waals surface area (Å²) in [5.74, 6) is 1.58. The van der Waals surface area contributed by atoms with Crippen LogP contribution in [0.2, 0.25) is 0 Å². The first-order valence-corrected chi connectivity index (χ1v) is 12.1. The van der Waals surface area contributed by atoms with Gasteiger partial charge in [-0.25, -0.2) is 0 Å². The fraction of sp³-hybridized carbons (Fsp3) is 0.160. The molecule has 168 valence electrons. The third-order valence-electron chi connectivity index (χ3n) is 5.05. The maximum Gasteiger partial charge on any atom is 0.234 e. The second-order valence-electron chi connectivity index (χ2n) is 7.51. The van der Waals surface area contributed by atoms with E-state index in [9.17, 15) is 4.79 Å². The summed E-state index contributed by atoms with van der Waals surface area (Å²) in [6.45, 7) is 4.03. The fourth-order valence-corrected chi connectivity index (χ4v) is 4.27. The maximum atomic E-state index is 12.6. The molecule has 4 rings (SSSR count). The van der Waals surface area contributed by atoms with Crippen molar-refractivity contribution < 1.29 is 9.53 Å². The average Bonchev–Trinajstić information content (AvgIpc) is 3.24. The summed E-state index contributed by atoms with van der Waals surface area (Å²) in [6, 6.07) is 21.6. The molecule has 0 fully saturated rings. The van der Waals surface area contributed by atoms with Crippen molar-refractivity contribution in [1.82, 2.24) is 14.8 Å². The van der Waals surface area contributed by atoms with Crippen LogP contribution in [0.25, 0.3) is 17.1 Å². The number of nitrogens with one attached hydrogen (secondary N) is 1. The molecule has 0 aliphatic heterocycles. The summed E-state index contributed by atoms with van der Waals surface area (Å²) >= 11 is 4.82. The summed E-state index contributed by atoms with van der Waals surface area (Å²) in [4.78, 5) is 12.6. The third kappa shape index (κ3) is 5.46. The van der Waals surface area contributed by atoms with Crippen LogP contribution in [0.5, 0.6) is 5.75 Å². The topological polar surface area (TPSA) is 69.0 Å². The van der Waals surface area contributed by atoms with Crippen molar-refractivity contribution in [3.05, 3.63) is 82.3 Å². The van der Waals surface area contributed by atoms with Crippen LogP contribution >= 0.6 is 27.7 Å². The second kappa shape index (κ2) is 10.2. The van der Waals surface area contributed by atoms with Gasteiger partial charge in [0.1, 0.15) is 5.75 Å². The number of hydrogen-bond acceptors (Lipinski definition) is 5. The van der Waals surface area contributed by atoms with E-state index in [2.05, 4.69) is 31.4 Å². The molecule has 4 aromatic rings. The number of ether oxygens (including phenoxy) is 1. The van der Waals surface area contributed by atoms with Crippen molar-refractivity contribution in [2.45, 2.75) is 19.0 Å². The zero-order valence-corrected chi connectivity index (χ0v) is 20.9. The van der Waals surface area contributed by atoms with Crippen LogP contribution in [0.1, 0.15) is 11.1 Å². The molecule has 3 aromatic carbocycles. The predicted molar refractivity (Wildman–Crippen MR) is 136 cm³/mol. The van der Waals surface area contributed by atoms with Gasteiger partial charge in [-0.3, -0.25) is 9.36 Å². The highest BCUT2D eigenvalue weighted by molar-refractivity contribution is 9.10. The van der Waals surface area contributed by atoms with E-state index in [4.69, 9.17) is 4.74 Å². The molecule has 0 aliphatic carbocycles. The smallest absolute Gasteiger partial charge is 0.234 e. The van der Waals surface area contributed by atoms with Gasteiger partial charge in [-0.1, -0.05) is 57.5 Å². The Morgan fingerprint density at radius 3 is 2.42 bits per heavy atom. The Morgan fingerprint density at radius 1 is 1.03 bits per heavy atom. The molecule has 1 heterocycles. The summed E-state index contributed by atoms with van der Waals surface area (Å²) in [7, 11) is 1.64. The van der Waals surface area contributed by atoms with Gasteiger partial charge in [-0.2, -0.15) is 0 Å². The first-order chi connectivity index (χ1) is 15.9. The van der Waals surface area contributed by atoms with Gasteiger partial charge in [0.05, 0.1) is 12.9 Å². The quantitative estimate of drug-likeness (QED) is 0.299. The Kier molecular flexibility index (Phi) is 7.15. The number of amides is 1. The lowest BCUT2D eigenvalue weighted by atomic mass is 10.1. The molecule has 0 atom stereocenters. The molecular weight excluding hydrogens is 500 g/mol. The lowest BCUT2D eigenvalue weighted by Crippen LogP contribution is -2.14. The van der Waals surface area contributed by atoms with Crippen molar-refractivity contribution in [3.8, 4) is 22.8 Å². The van der Waals surface area contributed by atoms with E-state index in [1.54, 1.807) is 7.11 Å². The number of aryl methyl sites for hydroxylation is 2. The molecule has 1 amide bonds. The number of benzene rings is 3. The number of hydrogen-bond donors (Lipinski definition) is 1. The number of methoxy groups -OCH3 is 1. The lowest BCUT2D eigenvalue weighted by Gasteiger charge is -2.11. The molecule has 0 saturated carbocycles. The average molecular weight is 523 g/mol. The van der Waals surface area contributed by atoms with Crippen LogP contribution in [0.4, 0.5) is 5.69 Å². The molecule has 0 saturated heterocycles. The van der Waals surface area contributed by atoms with Gasteiger partial charge in [-0.05, 0) is 61.9 Å². The molecule has 8 heteroatoms. The Bertz CT molecular complexity index is 1270. The standard InChI is InChI=1S/C25H23BrN4O2S/c1-16-4-6-18(7-5-16)24-28-29-25(30(24)20-9-11-21(32-3)12-10-20)33-15-23(31)27-19-8-13-22(26)17(2)14-19/h4-14H,15H2,1-3H3,(H,27,31). The molecule has 0 aliphatic rings. The third-order valence-corrected chi connectivity index (χ3v) is 6.87. The Hall–Kier alpha value is -3.10. The van der Waals surface area contributed by atoms with Crippen LogP contribution in [-0.2, 0) is 4.79 Å². The molecule has 0 unspecified atom stereocenters. The highest BCUT2D eigenvalue weighted by atomic mass is 79.9. The van der Waals surface area contributed by atoms with Gasteiger partial charge in [0, 0.05) is 21.4 Å². The van der Waals surface area contributed by atoms with E-state index >= 15 is 0 Å². The number of halogens is 1. The highest BCUT2D eigenvalue weighted by Gasteiger charge is 2.17. The van der Waals surface area contributed by atoms with Crippen LogP contribution in [-0.4, -0.2) is 33.5 Å². The summed E-state index contributed by atoms with van der Waals surface area (Å²) in [5, 5.41) is 12.4. The number of thioether (sulfide) groups is 1. The zero-order chi connectivity index (χ0) is 23.4. The molecule has 0 bridgehead atoms. The number of carbonyl (C=O) groups excluding carboxylic acids is 1. The van der Waals surface area contributed by atoms with E-state index in [1.165, 1.54) is 17.3 Å². The number of rotatable bonds is 7. The molecule has 6 nitrogen and oxygen atoms in total. The van der Waals surface area contributed by atoms with Crippen LogP contribution in [0, 0.1) is 13.8 Å². The zero-order valence-electron chi connectivity index (χ0n) is 18.5. The van der Waals surface area contributed by atoms with Gasteiger partial charge in [0.2, 0.25) is 5.91 Å². The van der Waals surface area contributed by atoms with Gasteiger partial charge in [0.15, 0.2) is 11.0 Å². The molecule has 0 radical (unpaired) electrons. The first kappa shape index (κ1) is 23.1. The van der Waals surface area contributed by atoms with E-state index in [-0.39, 0.29) is 11.7 Å². The lowest BCUT2D eigenvalue weighted by molar-refractivity contribution is -0.113. The van der Waals surface area contributed by atoms with Crippen molar-refractivity contribution in [2.24, 2.45) is 0 Å². The number of nitrogens with zero attached hydrogens (tertiary/aromatic N) is 3. The largest absolute Gasteiger partial charge is 0.497 e. The number of aromatic nitrogens is 3. The molecular formula is C25H23BrN4O2S. The number of carbonyl (C=O) groups is 1. The van der Waals surface area contributed by atoms with E-state index < -0.39 is 0 Å². The summed E-state index contributed by atoms with van der Waals surface area (Å²) < 4.78 is 8.26. The fourth-order valence-electron chi connectivity index (χ4n) is 3.27. The Labute approximate surface area is 205 Å². The van der Waals surface area contributed by atoms with Gasteiger partial charge < -0.3 is 10.1 Å². The molecule has 1 N–H and O–H groups in total. The molecule has 0 spiro atoms. The minimum absolute atomic E-state index is 0.108. The van der Waals surface area contributed by atoms with E-state index in [0.717, 1.165) is 32.7 Å². The molecule has 33 heavy (non-hydrogen) atoms. The van der Waals surface area contributed by atoms with E-state index in [0.29, 0.717) is 11.0 Å². The Balaban J connectivity index is 1.59. The number of anilines is 1. The van der Waals surface area contributed by atoms with Crippen molar-refractivity contribution in [3.63, 3.8) is 0 Å². The van der Waals surface area contributed by atoms with E-state index in [1.807, 2.05) is 85.1 Å². The first-order valence-electron chi connectivity index (χ1n) is 10.3. The minimum atomic E-state index is -0.108. The predicted octanol–water partition coefficient (Wildman–Crippen LogP) is 6.05. The van der Waals surface area contributed by atoms with Crippen molar-refractivity contribution in [1.29, 1.82) is 0 Å².